The molecule has 0 nitrogen and oxygen atoms in total. The molecular formula is C12H15BrCl2. The van der Waals surface area contributed by atoms with Crippen molar-refractivity contribution in [2.45, 2.75) is 32.1 Å². The first-order valence-electron chi connectivity index (χ1n) is 5.24. The van der Waals surface area contributed by atoms with E-state index < -0.39 is 0 Å². The third-order valence-electron chi connectivity index (χ3n) is 2.37. The fourth-order valence-electron chi connectivity index (χ4n) is 1.52. The maximum Gasteiger partial charge on any atom is 0.0452 e. The second-order valence-corrected chi connectivity index (χ2v) is 5.16. The molecule has 0 aliphatic rings. The van der Waals surface area contributed by atoms with Crippen LogP contribution in [0.1, 0.15) is 31.2 Å². The van der Waals surface area contributed by atoms with E-state index in [1.165, 1.54) is 19.3 Å². The van der Waals surface area contributed by atoms with E-state index in [1.807, 2.05) is 18.2 Å². The van der Waals surface area contributed by atoms with Crippen molar-refractivity contribution in [1.82, 2.24) is 0 Å². The molecule has 0 saturated heterocycles. The van der Waals surface area contributed by atoms with Crippen molar-refractivity contribution in [2.75, 3.05) is 5.33 Å². The molecule has 0 heterocycles. The van der Waals surface area contributed by atoms with Crippen LogP contribution in [0.5, 0.6) is 0 Å². The van der Waals surface area contributed by atoms with Crippen LogP contribution in [0.25, 0.3) is 0 Å². The van der Waals surface area contributed by atoms with Crippen LogP contribution in [0, 0.1) is 0 Å². The Morgan fingerprint density at radius 2 is 1.53 bits per heavy atom. The highest BCUT2D eigenvalue weighted by atomic mass is 79.9. The Morgan fingerprint density at radius 3 is 2.13 bits per heavy atom. The van der Waals surface area contributed by atoms with Crippen LogP contribution in [0.3, 0.4) is 0 Å². The van der Waals surface area contributed by atoms with Gasteiger partial charge in [-0.3, -0.25) is 0 Å². The predicted octanol–water partition coefficient (Wildman–Crippen LogP) is 5.49. The highest BCUT2D eigenvalue weighted by Gasteiger charge is 2.04. The molecule has 0 bridgehead atoms. The fourth-order valence-corrected chi connectivity index (χ4v) is 2.50. The van der Waals surface area contributed by atoms with Gasteiger partial charge in [0.2, 0.25) is 0 Å². The number of benzene rings is 1. The maximum absolute atomic E-state index is 6.08. The molecule has 0 unspecified atom stereocenters. The van der Waals surface area contributed by atoms with Crippen LogP contribution < -0.4 is 0 Å². The first kappa shape index (κ1) is 13.3. The van der Waals surface area contributed by atoms with Crippen LogP contribution in [-0.4, -0.2) is 5.33 Å². The second-order valence-electron chi connectivity index (χ2n) is 3.55. The molecule has 0 atom stereocenters. The molecule has 0 saturated carbocycles. The fraction of sp³-hybridized carbons (Fsp3) is 0.500. The van der Waals surface area contributed by atoms with E-state index in [2.05, 4.69) is 15.9 Å². The van der Waals surface area contributed by atoms with Crippen molar-refractivity contribution in [3.8, 4) is 0 Å². The zero-order valence-corrected chi connectivity index (χ0v) is 11.7. The van der Waals surface area contributed by atoms with Gasteiger partial charge in [-0.15, -0.1) is 0 Å². The van der Waals surface area contributed by atoms with Gasteiger partial charge in [-0.2, -0.15) is 0 Å². The molecule has 3 heteroatoms. The van der Waals surface area contributed by atoms with Gasteiger partial charge in [0.15, 0.2) is 0 Å². The topological polar surface area (TPSA) is 0 Å². The van der Waals surface area contributed by atoms with Crippen molar-refractivity contribution in [3.63, 3.8) is 0 Å². The van der Waals surface area contributed by atoms with Crippen LogP contribution in [0.2, 0.25) is 10.0 Å². The average molecular weight is 310 g/mol. The Bertz CT molecular complexity index is 279. The quantitative estimate of drug-likeness (QED) is 0.481. The van der Waals surface area contributed by atoms with E-state index in [1.54, 1.807) is 0 Å². The van der Waals surface area contributed by atoms with E-state index in [9.17, 15) is 0 Å². The largest absolute Gasteiger partial charge is 0.0928 e. The first-order valence-corrected chi connectivity index (χ1v) is 7.12. The molecule has 1 aromatic carbocycles. The normalized spacial score (nSPS) is 10.6. The Hall–Kier alpha value is 0.280. The molecule has 84 valence electrons. The average Bonchev–Trinajstić information content (AvgIpc) is 2.21. The van der Waals surface area contributed by atoms with E-state index in [-0.39, 0.29) is 0 Å². The van der Waals surface area contributed by atoms with Gasteiger partial charge in [-0.25, -0.2) is 0 Å². The molecule has 1 aromatic rings. The lowest BCUT2D eigenvalue weighted by Crippen LogP contribution is -1.89. The monoisotopic (exact) mass is 308 g/mol. The predicted molar refractivity (Wildman–Crippen MR) is 72.4 cm³/mol. The summed E-state index contributed by atoms with van der Waals surface area (Å²) in [6, 6.07) is 5.70. The van der Waals surface area contributed by atoms with Crippen molar-refractivity contribution in [1.29, 1.82) is 0 Å². The molecule has 0 aromatic heterocycles. The standard InChI is InChI=1S/C12H15BrCl2/c13-9-4-2-1-3-6-10-11(14)7-5-8-12(10)15/h5,7-8H,1-4,6,9H2. The van der Waals surface area contributed by atoms with Crippen LogP contribution in [0.4, 0.5) is 0 Å². The molecule has 0 N–H and O–H groups in total. The third kappa shape index (κ3) is 4.76. The molecule has 15 heavy (non-hydrogen) atoms. The van der Waals surface area contributed by atoms with Crippen molar-refractivity contribution in [2.24, 2.45) is 0 Å². The molecule has 0 amide bonds. The van der Waals surface area contributed by atoms with Crippen LogP contribution in [-0.2, 0) is 6.42 Å². The molecule has 0 aliphatic heterocycles. The highest BCUT2D eigenvalue weighted by molar-refractivity contribution is 9.09. The third-order valence-corrected chi connectivity index (χ3v) is 3.64. The minimum absolute atomic E-state index is 0.794. The van der Waals surface area contributed by atoms with Gasteiger partial charge in [-0.05, 0) is 37.0 Å². The lowest BCUT2D eigenvalue weighted by molar-refractivity contribution is 0.672. The highest BCUT2D eigenvalue weighted by Crippen LogP contribution is 2.26. The summed E-state index contributed by atoms with van der Waals surface area (Å²) >= 11 is 15.6. The summed E-state index contributed by atoms with van der Waals surface area (Å²) in [6.07, 6.45) is 5.91. The minimum Gasteiger partial charge on any atom is -0.0928 e. The van der Waals surface area contributed by atoms with Crippen LogP contribution in [0.15, 0.2) is 18.2 Å². The number of hydrogen-bond acceptors (Lipinski definition) is 0. The lowest BCUT2D eigenvalue weighted by atomic mass is 10.1. The summed E-state index contributed by atoms with van der Waals surface area (Å²) < 4.78 is 0. The summed E-state index contributed by atoms with van der Waals surface area (Å²) in [4.78, 5) is 0. The number of unbranched alkanes of at least 4 members (excludes halogenated alkanes) is 3. The summed E-state index contributed by atoms with van der Waals surface area (Å²) in [7, 11) is 0. The van der Waals surface area contributed by atoms with Gasteiger partial charge in [0, 0.05) is 15.4 Å². The van der Waals surface area contributed by atoms with Crippen molar-refractivity contribution >= 4 is 39.1 Å². The van der Waals surface area contributed by atoms with Crippen LogP contribution >= 0.6 is 39.1 Å². The lowest BCUT2D eigenvalue weighted by Gasteiger charge is -2.06. The molecular weight excluding hydrogens is 295 g/mol. The minimum atomic E-state index is 0.794. The van der Waals surface area contributed by atoms with Gasteiger partial charge >= 0.3 is 0 Å². The molecule has 0 spiro atoms. The number of halogens is 3. The Kier molecular flexibility index (Phi) is 6.71. The van der Waals surface area contributed by atoms with E-state index in [0.717, 1.165) is 33.8 Å². The van der Waals surface area contributed by atoms with Gasteiger partial charge < -0.3 is 0 Å². The summed E-state index contributed by atoms with van der Waals surface area (Å²) in [6.45, 7) is 0. The summed E-state index contributed by atoms with van der Waals surface area (Å²) in [5.41, 5.74) is 1.10. The van der Waals surface area contributed by atoms with Crippen molar-refractivity contribution in [3.05, 3.63) is 33.8 Å². The number of alkyl halides is 1. The SMILES string of the molecule is Clc1cccc(Cl)c1CCCCCCBr. The Balaban J connectivity index is 2.37. The van der Waals surface area contributed by atoms with E-state index in [0.29, 0.717) is 0 Å². The second kappa shape index (κ2) is 7.54. The van der Waals surface area contributed by atoms with Gasteiger partial charge in [-0.1, -0.05) is 58.0 Å². The molecule has 1 rings (SSSR count). The summed E-state index contributed by atoms with van der Waals surface area (Å²) in [5.74, 6) is 0. The first-order chi connectivity index (χ1) is 7.25. The zero-order valence-electron chi connectivity index (χ0n) is 8.61. The van der Waals surface area contributed by atoms with E-state index in [4.69, 9.17) is 23.2 Å². The Labute approximate surface area is 110 Å². The number of rotatable bonds is 6. The van der Waals surface area contributed by atoms with Gasteiger partial charge in [0.1, 0.15) is 0 Å². The summed E-state index contributed by atoms with van der Waals surface area (Å²) in [5, 5.41) is 2.69. The Morgan fingerprint density at radius 1 is 0.933 bits per heavy atom. The van der Waals surface area contributed by atoms with Gasteiger partial charge in [0.05, 0.1) is 0 Å². The molecule has 0 aliphatic carbocycles. The molecule has 0 fully saturated rings. The smallest absolute Gasteiger partial charge is 0.0452 e. The zero-order chi connectivity index (χ0) is 11.1. The van der Waals surface area contributed by atoms with Crippen molar-refractivity contribution < 1.29 is 0 Å². The maximum atomic E-state index is 6.08. The molecule has 0 radical (unpaired) electrons. The van der Waals surface area contributed by atoms with E-state index >= 15 is 0 Å². The van der Waals surface area contributed by atoms with Gasteiger partial charge in [0.25, 0.3) is 0 Å². The number of hydrogen-bond donors (Lipinski definition) is 0.